The number of hydrogen-bond donors (Lipinski definition) is 1. The molecule has 1 aliphatic carbocycles. The van der Waals surface area contributed by atoms with Crippen LogP contribution in [-0.2, 0) is 4.74 Å². The Morgan fingerprint density at radius 1 is 1.24 bits per heavy atom. The van der Waals surface area contributed by atoms with Gasteiger partial charge in [0.05, 0.1) is 25.4 Å². The molecule has 1 fully saturated rings. The highest BCUT2D eigenvalue weighted by Gasteiger charge is 2.37. The molecule has 0 aromatic heterocycles. The molecule has 2 aliphatic rings. The van der Waals surface area contributed by atoms with Gasteiger partial charge in [-0.15, -0.1) is 0 Å². The van der Waals surface area contributed by atoms with Gasteiger partial charge in [-0.05, 0) is 50.4 Å². The Kier molecular flexibility index (Phi) is 4.66. The molecule has 116 valence electrons. The van der Waals surface area contributed by atoms with Gasteiger partial charge in [-0.2, -0.15) is 0 Å². The third kappa shape index (κ3) is 3.33. The van der Waals surface area contributed by atoms with E-state index in [-0.39, 0.29) is 12.1 Å². The molecule has 1 aromatic rings. The lowest BCUT2D eigenvalue weighted by Gasteiger charge is -2.27. The van der Waals surface area contributed by atoms with Crippen molar-refractivity contribution in [3.8, 4) is 11.5 Å². The fraction of sp³-hybridized carbons (Fsp3) is 0.647. The van der Waals surface area contributed by atoms with Crippen LogP contribution in [0, 0.1) is 5.92 Å². The van der Waals surface area contributed by atoms with E-state index >= 15 is 0 Å². The second kappa shape index (κ2) is 6.67. The molecule has 1 aromatic carbocycles. The van der Waals surface area contributed by atoms with Gasteiger partial charge in [-0.1, -0.05) is 6.07 Å². The zero-order valence-electron chi connectivity index (χ0n) is 12.9. The van der Waals surface area contributed by atoms with E-state index in [9.17, 15) is 0 Å². The van der Waals surface area contributed by atoms with Crippen LogP contribution in [0.25, 0.3) is 0 Å². The van der Waals surface area contributed by atoms with E-state index in [1.54, 1.807) is 0 Å². The summed E-state index contributed by atoms with van der Waals surface area (Å²) in [7, 11) is 2.00. The molecule has 21 heavy (non-hydrogen) atoms. The van der Waals surface area contributed by atoms with E-state index in [0.717, 1.165) is 37.7 Å². The summed E-state index contributed by atoms with van der Waals surface area (Å²) in [5, 5.41) is 3.43. The molecule has 4 nitrogen and oxygen atoms in total. The molecule has 0 saturated heterocycles. The SMILES string of the molecule is CCOC(C1CC1)C(NC)c1ccc2c(c1)OCCCO2. The molecule has 0 amide bonds. The maximum absolute atomic E-state index is 6.01. The molecule has 1 N–H and O–H groups in total. The zero-order valence-corrected chi connectivity index (χ0v) is 12.9. The van der Waals surface area contributed by atoms with E-state index in [1.807, 2.05) is 13.1 Å². The lowest BCUT2D eigenvalue weighted by molar-refractivity contribution is 0.0204. The third-order valence-corrected chi connectivity index (χ3v) is 4.22. The van der Waals surface area contributed by atoms with Gasteiger partial charge in [0.2, 0.25) is 0 Å². The minimum absolute atomic E-state index is 0.203. The summed E-state index contributed by atoms with van der Waals surface area (Å²) in [6.45, 7) is 4.27. The van der Waals surface area contributed by atoms with Crippen LogP contribution in [0.4, 0.5) is 0 Å². The molecule has 4 heteroatoms. The summed E-state index contributed by atoms with van der Waals surface area (Å²) < 4.78 is 17.5. The standard InChI is InChI=1S/C17H25NO3/c1-3-19-17(12-5-6-12)16(18-2)13-7-8-14-15(11-13)21-10-4-9-20-14/h7-8,11-12,16-18H,3-6,9-10H2,1-2H3. The Labute approximate surface area is 126 Å². The predicted molar refractivity (Wildman–Crippen MR) is 82.0 cm³/mol. The Morgan fingerprint density at radius 3 is 2.67 bits per heavy atom. The second-order valence-corrected chi connectivity index (χ2v) is 5.78. The van der Waals surface area contributed by atoms with Gasteiger partial charge < -0.3 is 19.5 Å². The first-order valence-electron chi connectivity index (χ1n) is 8.02. The van der Waals surface area contributed by atoms with Crippen molar-refractivity contribution < 1.29 is 14.2 Å². The van der Waals surface area contributed by atoms with Crippen molar-refractivity contribution in [1.82, 2.24) is 5.32 Å². The van der Waals surface area contributed by atoms with Crippen LogP contribution in [0.5, 0.6) is 11.5 Å². The summed E-state index contributed by atoms with van der Waals surface area (Å²) in [4.78, 5) is 0. The van der Waals surface area contributed by atoms with Crippen LogP contribution in [-0.4, -0.2) is 33.0 Å². The lowest BCUT2D eigenvalue weighted by atomic mass is 9.97. The van der Waals surface area contributed by atoms with Gasteiger partial charge in [0.15, 0.2) is 11.5 Å². The Morgan fingerprint density at radius 2 is 2.00 bits per heavy atom. The van der Waals surface area contributed by atoms with E-state index in [4.69, 9.17) is 14.2 Å². The first-order chi connectivity index (χ1) is 10.3. The first kappa shape index (κ1) is 14.7. The average molecular weight is 291 g/mol. The van der Waals surface area contributed by atoms with Crippen molar-refractivity contribution in [2.75, 3.05) is 26.9 Å². The van der Waals surface area contributed by atoms with Crippen molar-refractivity contribution >= 4 is 0 Å². The summed E-state index contributed by atoms with van der Waals surface area (Å²) in [6.07, 6.45) is 3.72. The average Bonchev–Trinajstić information content (AvgIpc) is 3.34. The number of fused-ring (bicyclic) bond motifs is 1. The topological polar surface area (TPSA) is 39.7 Å². The molecule has 1 saturated carbocycles. The van der Waals surface area contributed by atoms with Crippen molar-refractivity contribution in [3.05, 3.63) is 23.8 Å². The van der Waals surface area contributed by atoms with Crippen LogP contribution < -0.4 is 14.8 Å². The van der Waals surface area contributed by atoms with E-state index in [2.05, 4.69) is 24.4 Å². The second-order valence-electron chi connectivity index (χ2n) is 5.78. The Balaban J connectivity index is 1.84. The van der Waals surface area contributed by atoms with Crippen molar-refractivity contribution in [3.63, 3.8) is 0 Å². The minimum atomic E-state index is 0.203. The third-order valence-electron chi connectivity index (χ3n) is 4.22. The monoisotopic (exact) mass is 291 g/mol. The number of likely N-dealkylation sites (N-methyl/N-ethyl adjacent to an activating group) is 1. The Bertz CT molecular complexity index is 473. The minimum Gasteiger partial charge on any atom is -0.490 e. The van der Waals surface area contributed by atoms with Crippen molar-refractivity contribution in [2.45, 2.75) is 38.3 Å². The van der Waals surface area contributed by atoms with Gasteiger partial charge in [-0.25, -0.2) is 0 Å². The number of rotatable bonds is 6. The molecule has 0 radical (unpaired) electrons. The van der Waals surface area contributed by atoms with Gasteiger partial charge >= 0.3 is 0 Å². The lowest BCUT2D eigenvalue weighted by Crippen LogP contribution is -2.33. The number of nitrogens with one attached hydrogen (secondary N) is 1. The highest BCUT2D eigenvalue weighted by molar-refractivity contribution is 5.44. The smallest absolute Gasteiger partial charge is 0.161 e. The molecule has 3 rings (SSSR count). The van der Waals surface area contributed by atoms with Crippen LogP contribution in [0.1, 0.15) is 37.8 Å². The highest BCUT2D eigenvalue weighted by atomic mass is 16.5. The maximum atomic E-state index is 6.01. The van der Waals surface area contributed by atoms with Crippen molar-refractivity contribution in [2.24, 2.45) is 5.92 Å². The Hall–Kier alpha value is -1.26. The van der Waals surface area contributed by atoms with Gasteiger partial charge in [0, 0.05) is 13.0 Å². The highest BCUT2D eigenvalue weighted by Crippen LogP contribution is 2.41. The fourth-order valence-corrected chi connectivity index (χ4v) is 3.02. The van der Waals surface area contributed by atoms with Crippen molar-refractivity contribution in [1.29, 1.82) is 0 Å². The summed E-state index contributed by atoms with van der Waals surface area (Å²) in [6, 6.07) is 6.46. The summed E-state index contributed by atoms with van der Waals surface area (Å²) >= 11 is 0. The number of ether oxygens (including phenoxy) is 3. The van der Waals surface area contributed by atoms with E-state index < -0.39 is 0 Å². The normalized spacial score (nSPS) is 20.7. The van der Waals surface area contributed by atoms with Crippen LogP contribution in [0.15, 0.2) is 18.2 Å². The van der Waals surface area contributed by atoms with Gasteiger partial charge in [0.25, 0.3) is 0 Å². The molecular formula is C17H25NO3. The largest absolute Gasteiger partial charge is 0.490 e. The summed E-state index contributed by atoms with van der Waals surface area (Å²) in [5.41, 5.74) is 1.21. The van der Waals surface area contributed by atoms with E-state index in [1.165, 1.54) is 18.4 Å². The molecular weight excluding hydrogens is 266 g/mol. The molecule has 0 spiro atoms. The molecule has 2 atom stereocenters. The zero-order chi connectivity index (χ0) is 14.7. The summed E-state index contributed by atoms with van der Waals surface area (Å²) in [5.74, 6) is 2.39. The quantitative estimate of drug-likeness (QED) is 0.875. The fourth-order valence-electron chi connectivity index (χ4n) is 3.02. The molecule has 1 heterocycles. The molecule has 0 bridgehead atoms. The predicted octanol–water partition coefficient (Wildman–Crippen LogP) is 2.92. The number of benzene rings is 1. The van der Waals surface area contributed by atoms with Crippen LogP contribution in [0.3, 0.4) is 0 Å². The van der Waals surface area contributed by atoms with E-state index in [0.29, 0.717) is 5.92 Å². The molecule has 2 unspecified atom stereocenters. The maximum Gasteiger partial charge on any atom is 0.161 e. The number of hydrogen-bond acceptors (Lipinski definition) is 4. The molecule has 1 aliphatic heterocycles. The van der Waals surface area contributed by atoms with Gasteiger partial charge in [-0.3, -0.25) is 0 Å². The van der Waals surface area contributed by atoms with Crippen LogP contribution in [0.2, 0.25) is 0 Å². The van der Waals surface area contributed by atoms with Gasteiger partial charge in [0.1, 0.15) is 0 Å². The van der Waals surface area contributed by atoms with Crippen LogP contribution >= 0.6 is 0 Å². The first-order valence-corrected chi connectivity index (χ1v) is 8.02.